The number of hydroxylamine groups is 2. The maximum absolute atomic E-state index is 12.4. The van der Waals surface area contributed by atoms with Crippen molar-refractivity contribution >= 4 is 11.8 Å². The van der Waals surface area contributed by atoms with E-state index in [9.17, 15) is 24.7 Å². The van der Waals surface area contributed by atoms with Crippen LogP contribution < -0.4 is 5.43 Å². The Labute approximate surface area is 141 Å². The lowest BCUT2D eigenvalue weighted by molar-refractivity contribution is -0.155. The quantitative estimate of drug-likeness (QED) is 0.604. The molecule has 1 aliphatic rings. The van der Waals surface area contributed by atoms with Crippen LogP contribution in [0, 0.1) is 0 Å². The van der Waals surface area contributed by atoms with Crippen LogP contribution in [0.15, 0.2) is 41.3 Å². The standard InChI is InChI=1S/C16H14N2O7/c1-24-8-14(11-6-12(19)13(20)7-17(11)23)25-18-15(21)9-4-2-3-5-10(9)16(18)22/h2-7,14,20,23H,8H2,1H3. The Balaban J connectivity index is 1.94. The summed E-state index contributed by atoms with van der Waals surface area (Å²) in [6.07, 6.45) is -0.364. The van der Waals surface area contributed by atoms with Gasteiger partial charge in [-0.2, -0.15) is 4.73 Å². The van der Waals surface area contributed by atoms with Crippen LogP contribution in [0.4, 0.5) is 0 Å². The van der Waals surface area contributed by atoms with Gasteiger partial charge in [-0.05, 0) is 12.1 Å². The number of hydrogen-bond acceptors (Lipinski definition) is 7. The van der Waals surface area contributed by atoms with Crippen LogP contribution in [0.1, 0.15) is 32.5 Å². The lowest BCUT2D eigenvalue weighted by Gasteiger charge is -2.23. The molecule has 1 aliphatic heterocycles. The van der Waals surface area contributed by atoms with Crippen LogP contribution in [-0.2, 0) is 9.57 Å². The second-order valence-corrected chi connectivity index (χ2v) is 5.29. The number of ether oxygens (including phenoxy) is 1. The maximum atomic E-state index is 12.4. The van der Waals surface area contributed by atoms with E-state index < -0.39 is 29.1 Å². The number of benzene rings is 1. The fourth-order valence-corrected chi connectivity index (χ4v) is 2.48. The first kappa shape index (κ1) is 16.7. The molecule has 0 bridgehead atoms. The number of pyridine rings is 1. The van der Waals surface area contributed by atoms with Gasteiger partial charge in [-0.15, -0.1) is 5.06 Å². The highest BCUT2D eigenvalue weighted by molar-refractivity contribution is 6.20. The number of aromatic nitrogens is 1. The van der Waals surface area contributed by atoms with Crippen LogP contribution >= 0.6 is 0 Å². The Morgan fingerprint density at radius 3 is 2.28 bits per heavy atom. The Hall–Kier alpha value is -3.17. The predicted octanol–water partition coefficient (Wildman–Crippen LogP) is 0.707. The number of nitrogens with zero attached hydrogens (tertiary/aromatic N) is 2. The van der Waals surface area contributed by atoms with Gasteiger partial charge in [0.15, 0.2) is 11.9 Å². The summed E-state index contributed by atoms with van der Waals surface area (Å²) in [5.41, 5.74) is -0.472. The van der Waals surface area contributed by atoms with Gasteiger partial charge >= 0.3 is 0 Å². The summed E-state index contributed by atoms with van der Waals surface area (Å²) in [4.78, 5) is 41.8. The van der Waals surface area contributed by atoms with Crippen molar-refractivity contribution in [3.63, 3.8) is 0 Å². The molecule has 2 amide bonds. The molecule has 2 N–H and O–H groups in total. The minimum absolute atomic E-state index is 0.0961. The smallest absolute Gasteiger partial charge is 0.285 e. The van der Waals surface area contributed by atoms with E-state index in [1.807, 2.05) is 0 Å². The molecule has 130 valence electrons. The molecule has 1 aromatic carbocycles. The molecule has 1 aromatic heterocycles. The number of hydrogen-bond donors (Lipinski definition) is 2. The van der Waals surface area contributed by atoms with Crippen molar-refractivity contribution < 1.29 is 29.5 Å². The molecule has 0 saturated carbocycles. The Morgan fingerprint density at radius 2 is 1.72 bits per heavy atom. The van der Waals surface area contributed by atoms with E-state index in [4.69, 9.17) is 9.57 Å². The molecule has 25 heavy (non-hydrogen) atoms. The minimum Gasteiger partial charge on any atom is -0.503 e. The topological polar surface area (TPSA) is 118 Å². The van der Waals surface area contributed by atoms with Crippen molar-refractivity contribution in [3.05, 3.63) is 63.6 Å². The van der Waals surface area contributed by atoms with Crippen molar-refractivity contribution in [2.75, 3.05) is 13.7 Å². The van der Waals surface area contributed by atoms with Crippen LogP contribution in [0.25, 0.3) is 0 Å². The second-order valence-electron chi connectivity index (χ2n) is 5.29. The molecule has 0 saturated heterocycles. The normalized spacial score (nSPS) is 14.7. The predicted molar refractivity (Wildman–Crippen MR) is 82.2 cm³/mol. The first-order chi connectivity index (χ1) is 11.9. The summed E-state index contributed by atoms with van der Waals surface area (Å²) in [7, 11) is 1.35. The fraction of sp³-hybridized carbons (Fsp3) is 0.188. The lowest BCUT2D eigenvalue weighted by Crippen LogP contribution is -2.34. The minimum atomic E-state index is -1.15. The number of amides is 2. The highest BCUT2D eigenvalue weighted by Gasteiger charge is 2.38. The van der Waals surface area contributed by atoms with Crippen molar-refractivity contribution in [2.45, 2.75) is 6.10 Å². The Bertz CT molecular complexity index is 871. The van der Waals surface area contributed by atoms with Crippen molar-refractivity contribution in [1.82, 2.24) is 9.79 Å². The van der Waals surface area contributed by atoms with E-state index in [0.29, 0.717) is 9.79 Å². The van der Waals surface area contributed by atoms with Gasteiger partial charge in [0.25, 0.3) is 11.8 Å². The third kappa shape index (κ3) is 2.86. The molecule has 0 radical (unpaired) electrons. The fourth-order valence-electron chi connectivity index (χ4n) is 2.48. The molecule has 0 fully saturated rings. The second kappa shape index (κ2) is 6.38. The first-order valence-corrected chi connectivity index (χ1v) is 7.22. The summed E-state index contributed by atoms with van der Waals surface area (Å²) >= 11 is 0. The molecule has 2 heterocycles. The van der Waals surface area contributed by atoms with Gasteiger partial charge in [0, 0.05) is 13.2 Å². The largest absolute Gasteiger partial charge is 0.503 e. The molecule has 0 aliphatic carbocycles. The van der Waals surface area contributed by atoms with Gasteiger partial charge in [-0.3, -0.25) is 19.2 Å². The number of carbonyl (C=O) groups is 2. The summed E-state index contributed by atoms with van der Waals surface area (Å²) in [6, 6.07) is 7.15. The summed E-state index contributed by atoms with van der Waals surface area (Å²) in [6.45, 7) is -0.168. The maximum Gasteiger partial charge on any atom is 0.285 e. The number of aromatic hydroxyl groups is 1. The van der Waals surface area contributed by atoms with E-state index in [1.54, 1.807) is 12.1 Å². The highest BCUT2D eigenvalue weighted by atomic mass is 16.7. The number of carbonyl (C=O) groups excluding carboxylic acids is 2. The van der Waals surface area contributed by atoms with Crippen molar-refractivity contribution in [2.24, 2.45) is 0 Å². The van der Waals surface area contributed by atoms with Crippen LogP contribution in [0.3, 0.4) is 0 Å². The van der Waals surface area contributed by atoms with E-state index in [0.717, 1.165) is 12.3 Å². The highest BCUT2D eigenvalue weighted by Crippen LogP contribution is 2.27. The molecule has 1 unspecified atom stereocenters. The molecule has 1 atom stereocenters. The monoisotopic (exact) mass is 346 g/mol. The molecular weight excluding hydrogens is 332 g/mol. The average molecular weight is 346 g/mol. The number of imide groups is 1. The number of methoxy groups -OCH3 is 1. The van der Waals surface area contributed by atoms with E-state index >= 15 is 0 Å². The Morgan fingerprint density at radius 1 is 1.12 bits per heavy atom. The van der Waals surface area contributed by atoms with Crippen LogP contribution in [0.5, 0.6) is 5.75 Å². The first-order valence-electron chi connectivity index (χ1n) is 7.22. The average Bonchev–Trinajstić information content (AvgIpc) is 2.83. The summed E-state index contributed by atoms with van der Waals surface area (Å²) in [5, 5.41) is 19.8. The zero-order valence-corrected chi connectivity index (χ0v) is 13.1. The number of rotatable bonds is 5. The van der Waals surface area contributed by atoms with E-state index in [-0.39, 0.29) is 23.4 Å². The van der Waals surface area contributed by atoms with Crippen molar-refractivity contribution in [3.8, 4) is 5.75 Å². The van der Waals surface area contributed by atoms with Gasteiger partial charge in [0.05, 0.1) is 29.6 Å². The van der Waals surface area contributed by atoms with E-state index in [1.165, 1.54) is 19.2 Å². The van der Waals surface area contributed by atoms with Crippen molar-refractivity contribution in [1.29, 1.82) is 0 Å². The molecule has 2 aromatic rings. The summed E-state index contributed by atoms with van der Waals surface area (Å²) in [5.74, 6) is -1.98. The summed E-state index contributed by atoms with van der Waals surface area (Å²) < 4.78 is 5.45. The van der Waals surface area contributed by atoms with Gasteiger partial charge in [0.1, 0.15) is 0 Å². The molecule has 9 heteroatoms. The van der Waals surface area contributed by atoms with E-state index in [2.05, 4.69) is 0 Å². The Kier molecular flexibility index (Phi) is 4.26. The SMILES string of the molecule is COCC(ON1C(=O)c2ccccc2C1=O)c1cc(=O)c(O)cn1O. The molecule has 9 nitrogen and oxygen atoms in total. The zero-order chi connectivity index (χ0) is 18.1. The molecular formula is C16H14N2O7. The van der Waals surface area contributed by atoms with Gasteiger partial charge in [0.2, 0.25) is 5.43 Å². The third-order valence-corrected chi connectivity index (χ3v) is 3.68. The molecule has 0 spiro atoms. The third-order valence-electron chi connectivity index (χ3n) is 3.68. The van der Waals surface area contributed by atoms with Crippen LogP contribution in [-0.4, -0.2) is 45.6 Å². The van der Waals surface area contributed by atoms with Gasteiger partial charge < -0.3 is 15.1 Å². The lowest BCUT2D eigenvalue weighted by atomic mass is 10.1. The van der Waals surface area contributed by atoms with Gasteiger partial charge in [-0.25, -0.2) is 0 Å². The zero-order valence-electron chi connectivity index (χ0n) is 13.1. The van der Waals surface area contributed by atoms with Crippen LogP contribution in [0.2, 0.25) is 0 Å². The van der Waals surface area contributed by atoms with Gasteiger partial charge in [-0.1, -0.05) is 12.1 Å². The number of fused-ring (bicyclic) bond motifs is 1. The molecule has 3 rings (SSSR count).